The molecule has 21 heteroatoms. The maximum Gasteiger partial charge on any atom is 0.239 e. The molecule has 54 heavy (non-hydrogen) atoms. The number of aliphatic hydroxyl groups is 9. The lowest BCUT2D eigenvalue weighted by Crippen LogP contribution is -2.65. The first-order chi connectivity index (χ1) is 25.5. The van der Waals surface area contributed by atoms with E-state index >= 15 is 0 Å². The molecule has 4 heterocycles. The van der Waals surface area contributed by atoms with Crippen LogP contribution >= 0.6 is 0 Å². The number of hydrogen-bond donors (Lipinski definition) is 13. The molecule has 3 aromatic rings. The molecular weight excluding hydrogens is 732 g/mol. The highest BCUT2D eigenvalue weighted by molar-refractivity contribution is 5.88. The van der Waals surface area contributed by atoms with E-state index < -0.39 is 151 Å². The van der Waals surface area contributed by atoms with Gasteiger partial charge in [-0.05, 0) is 25.1 Å². The average Bonchev–Trinajstić information content (AvgIpc) is 3.13. The van der Waals surface area contributed by atoms with Gasteiger partial charge in [0.1, 0.15) is 89.6 Å². The molecule has 13 N–H and O–H groups in total. The quantitative estimate of drug-likeness (QED) is 0.0925. The van der Waals surface area contributed by atoms with Gasteiger partial charge < -0.3 is 99.2 Å². The van der Waals surface area contributed by atoms with Crippen LogP contribution in [0.15, 0.2) is 39.5 Å². The zero-order chi connectivity index (χ0) is 39.3. The molecule has 3 aliphatic heterocycles. The van der Waals surface area contributed by atoms with Gasteiger partial charge in [0.2, 0.25) is 17.5 Å². The number of aromatic hydroxyl groups is 4. The molecule has 15 atom stereocenters. The van der Waals surface area contributed by atoms with E-state index in [1.54, 1.807) is 0 Å². The van der Waals surface area contributed by atoms with Crippen LogP contribution in [0.4, 0.5) is 0 Å². The van der Waals surface area contributed by atoms with Gasteiger partial charge in [0.25, 0.3) is 0 Å². The summed E-state index contributed by atoms with van der Waals surface area (Å²) in [5.74, 6) is -3.64. The number of aliphatic hydroxyl groups excluding tert-OH is 9. The summed E-state index contributed by atoms with van der Waals surface area (Å²) in [5, 5.41) is 134. The summed E-state index contributed by atoms with van der Waals surface area (Å²) in [6.45, 7) is -0.252. The molecule has 0 spiro atoms. The molecule has 0 saturated carbocycles. The highest BCUT2D eigenvalue weighted by Crippen LogP contribution is 2.40. The maximum absolute atomic E-state index is 13.8. The Kier molecular flexibility index (Phi) is 11.5. The molecule has 0 bridgehead atoms. The Morgan fingerprint density at radius 3 is 2.00 bits per heavy atom. The second-order valence-corrected chi connectivity index (χ2v) is 13.1. The molecule has 1 aromatic heterocycles. The van der Waals surface area contributed by atoms with E-state index in [9.17, 15) is 71.2 Å². The Morgan fingerprint density at radius 2 is 1.31 bits per heavy atom. The minimum atomic E-state index is -2.08. The number of rotatable bonds is 9. The fraction of sp³-hybridized carbons (Fsp3) is 0.545. The van der Waals surface area contributed by atoms with Gasteiger partial charge in [-0.1, -0.05) is 0 Å². The molecule has 298 valence electrons. The first kappa shape index (κ1) is 39.8. The van der Waals surface area contributed by atoms with Crippen LogP contribution in [-0.2, 0) is 23.7 Å². The number of fused-ring (bicyclic) bond motifs is 1. The molecule has 3 aliphatic rings. The summed E-state index contributed by atoms with van der Waals surface area (Å²) < 4.78 is 39.6. The Balaban J connectivity index is 1.28. The van der Waals surface area contributed by atoms with Crippen molar-refractivity contribution < 1.29 is 99.2 Å². The van der Waals surface area contributed by atoms with Gasteiger partial charge >= 0.3 is 0 Å². The normalized spacial score (nSPS) is 37.3. The molecule has 21 nitrogen and oxygen atoms in total. The topological polar surface area (TPSA) is 349 Å². The van der Waals surface area contributed by atoms with Crippen LogP contribution in [-0.4, -0.2) is 172 Å². The Labute approximate surface area is 303 Å². The van der Waals surface area contributed by atoms with Crippen molar-refractivity contribution in [1.82, 2.24) is 0 Å². The fourth-order valence-electron chi connectivity index (χ4n) is 6.30. The molecule has 0 amide bonds. The first-order valence-corrected chi connectivity index (χ1v) is 16.5. The van der Waals surface area contributed by atoms with E-state index in [-0.39, 0.29) is 11.1 Å². The Hall–Kier alpha value is -3.91. The second-order valence-electron chi connectivity index (χ2n) is 13.1. The van der Waals surface area contributed by atoms with Gasteiger partial charge in [-0.15, -0.1) is 0 Å². The number of phenols is 4. The highest BCUT2D eigenvalue weighted by atomic mass is 16.8. The fourth-order valence-corrected chi connectivity index (χ4v) is 6.30. The minimum absolute atomic E-state index is 0.0870. The van der Waals surface area contributed by atoms with Gasteiger partial charge in [0.15, 0.2) is 29.8 Å². The minimum Gasteiger partial charge on any atom is -0.508 e. The molecule has 3 saturated heterocycles. The van der Waals surface area contributed by atoms with E-state index in [1.807, 2.05) is 0 Å². The zero-order valence-corrected chi connectivity index (χ0v) is 28.0. The van der Waals surface area contributed by atoms with Crippen LogP contribution in [0.1, 0.15) is 6.92 Å². The third kappa shape index (κ3) is 7.39. The SMILES string of the molecule is C[C@@H]1O[C@@H](O[C@H]2[C@H](OC[C@H]3O[C@H](Oc4c(-c5ccc(O)c(O)c5)oc5cc(O)cc(O)c5c4=O)[C@H](O)[C@H](O)[C@@H]3O)O[C@@H](CO)[C@H](O)[C@@H]2O)[C@@H](O)[C@@H](O)[C@H]1O. The number of phenolic OH excluding ortho intramolecular Hbond substituents is 4. The lowest BCUT2D eigenvalue weighted by molar-refractivity contribution is -0.369. The average molecular weight is 773 g/mol. The van der Waals surface area contributed by atoms with Crippen LogP contribution in [0.3, 0.4) is 0 Å². The molecule has 2 aromatic carbocycles. The molecule has 0 radical (unpaired) electrons. The lowest BCUT2D eigenvalue weighted by atomic mass is 9.97. The molecule has 0 aliphatic carbocycles. The van der Waals surface area contributed by atoms with E-state index in [4.69, 9.17) is 32.8 Å². The number of ether oxygens (including phenoxy) is 6. The largest absolute Gasteiger partial charge is 0.508 e. The Bertz CT molecular complexity index is 1850. The van der Waals surface area contributed by atoms with Crippen molar-refractivity contribution in [2.24, 2.45) is 0 Å². The van der Waals surface area contributed by atoms with Crippen LogP contribution in [0.25, 0.3) is 22.3 Å². The smallest absolute Gasteiger partial charge is 0.239 e. The van der Waals surface area contributed by atoms with E-state index in [0.29, 0.717) is 0 Å². The van der Waals surface area contributed by atoms with E-state index in [2.05, 4.69) is 0 Å². The first-order valence-electron chi connectivity index (χ1n) is 16.5. The van der Waals surface area contributed by atoms with Crippen LogP contribution in [0.5, 0.6) is 28.7 Å². The van der Waals surface area contributed by atoms with E-state index in [1.165, 1.54) is 13.0 Å². The van der Waals surface area contributed by atoms with Crippen molar-refractivity contribution in [3.63, 3.8) is 0 Å². The number of hydrogen-bond acceptors (Lipinski definition) is 21. The molecule has 0 unspecified atom stereocenters. The van der Waals surface area contributed by atoms with Crippen molar-refractivity contribution in [3.8, 4) is 40.1 Å². The highest BCUT2D eigenvalue weighted by Gasteiger charge is 2.52. The Morgan fingerprint density at radius 1 is 0.667 bits per heavy atom. The number of benzene rings is 2. The maximum atomic E-state index is 13.8. The van der Waals surface area contributed by atoms with Crippen molar-refractivity contribution in [1.29, 1.82) is 0 Å². The van der Waals surface area contributed by atoms with Gasteiger partial charge in [-0.3, -0.25) is 4.79 Å². The lowest BCUT2D eigenvalue weighted by Gasteiger charge is -2.46. The van der Waals surface area contributed by atoms with Gasteiger partial charge in [0.05, 0.1) is 19.3 Å². The predicted molar refractivity (Wildman–Crippen MR) is 173 cm³/mol. The standard InChI is InChI=1S/C33H40O21/c1-9-19(39)23(43)26(46)31(49-9)54-30-25(45)20(40)16(7-34)51-33(30)48-8-17-21(41)24(44)27(47)32(52-17)53-29-22(42)18-14(38)5-11(35)6-15(18)50-28(29)10-2-3-12(36)13(37)4-10/h2-6,9,16-17,19-21,23-27,30-41,43-47H,7-8H2,1H3/t9-,16-,17+,19-,20-,21+,23-,24+,25-,26-,27+,30+,31-,32+,33+/m0/s1. The van der Waals surface area contributed by atoms with Gasteiger partial charge in [-0.2, -0.15) is 0 Å². The van der Waals surface area contributed by atoms with Crippen LogP contribution in [0, 0.1) is 0 Å². The third-order valence-electron chi connectivity index (χ3n) is 9.41. The molecule has 3 fully saturated rings. The van der Waals surface area contributed by atoms with Crippen LogP contribution < -0.4 is 10.2 Å². The summed E-state index contributed by atoms with van der Waals surface area (Å²) in [6.07, 6.45) is -26.2. The van der Waals surface area contributed by atoms with Crippen molar-refractivity contribution >= 4 is 11.0 Å². The summed E-state index contributed by atoms with van der Waals surface area (Å²) in [4.78, 5) is 13.8. The summed E-state index contributed by atoms with van der Waals surface area (Å²) in [7, 11) is 0. The molecular formula is C33H40O21. The monoisotopic (exact) mass is 772 g/mol. The predicted octanol–water partition coefficient (Wildman–Crippen LogP) is -3.86. The van der Waals surface area contributed by atoms with Gasteiger partial charge in [0, 0.05) is 17.7 Å². The van der Waals surface area contributed by atoms with Crippen molar-refractivity contribution in [3.05, 3.63) is 40.6 Å². The second kappa shape index (κ2) is 15.7. The summed E-state index contributed by atoms with van der Waals surface area (Å²) in [6, 6.07) is 5.07. The van der Waals surface area contributed by atoms with E-state index in [0.717, 1.165) is 24.3 Å². The van der Waals surface area contributed by atoms with Gasteiger partial charge in [-0.25, -0.2) is 0 Å². The third-order valence-corrected chi connectivity index (χ3v) is 9.41. The van der Waals surface area contributed by atoms with Crippen molar-refractivity contribution in [2.45, 2.75) is 99.0 Å². The summed E-state index contributed by atoms with van der Waals surface area (Å²) in [5.41, 5.74) is -1.52. The summed E-state index contributed by atoms with van der Waals surface area (Å²) >= 11 is 0. The zero-order valence-electron chi connectivity index (χ0n) is 28.0. The van der Waals surface area contributed by atoms with Crippen molar-refractivity contribution in [2.75, 3.05) is 13.2 Å². The van der Waals surface area contributed by atoms with Crippen LogP contribution in [0.2, 0.25) is 0 Å². The molecule has 6 rings (SSSR count).